The van der Waals surface area contributed by atoms with Crippen LogP contribution in [0.2, 0.25) is 0 Å². The summed E-state index contributed by atoms with van der Waals surface area (Å²) in [5, 5.41) is 22.2. The summed E-state index contributed by atoms with van der Waals surface area (Å²) in [5.74, 6) is 0. The van der Waals surface area contributed by atoms with Crippen molar-refractivity contribution in [1.82, 2.24) is 0 Å². The third-order valence-corrected chi connectivity index (χ3v) is 11.2. The van der Waals surface area contributed by atoms with Gasteiger partial charge in [-0.3, -0.25) is 20.2 Å². The van der Waals surface area contributed by atoms with Crippen LogP contribution in [0.25, 0.3) is 9.81 Å². The highest BCUT2D eigenvalue weighted by Crippen LogP contribution is 2.45. The van der Waals surface area contributed by atoms with Crippen molar-refractivity contribution in [2.24, 2.45) is 0 Å². The molecular formula is C32H30N4O4S4. The van der Waals surface area contributed by atoms with E-state index in [4.69, 9.17) is 0 Å². The summed E-state index contributed by atoms with van der Waals surface area (Å²) in [6, 6.07) is 29.7. The smallest absolute Gasteiger partial charge is 0.269 e. The number of rotatable bonds is 13. The molecule has 0 bridgehead atoms. The molecule has 0 aromatic heterocycles. The predicted octanol–water partition coefficient (Wildman–Crippen LogP) is 9.90. The van der Waals surface area contributed by atoms with Crippen molar-refractivity contribution in [3.63, 3.8) is 0 Å². The van der Waals surface area contributed by atoms with E-state index in [2.05, 4.69) is 60.7 Å². The van der Waals surface area contributed by atoms with Gasteiger partial charge in [0.25, 0.3) is 11.4 Å². The molecule has 0 saturated heterocycles. The maximum absolute atomic E-state index is 11.1. The van der Waals surface area contributed by atoms with Crippen LogP contribution in [0, 0.1) is 20.2 Å². The zero-order chi connectivity index (χ0) is 31.6. The number of nitrogens with zero attached hydrogens (tertiary/aromatic N) is 4. The first-order valence-electron chi connectivity index (χ1n) is 13.3. The molecule has 226 valence electrons. The van der Waals surface area contributed by atoms with E-state index < -0.39 is 9.85 Å². The molecule has 4 aromatic rings. The standard InChI is InChI=1S/C32H30N4O4S4/c1-33(2)25-9-5-23(6-10-25)31(43-41-29-17-13-27(14-18-29)35(37)38)21-22-32(24-7-11-26(12-8-24)34(3)4)44-42-30-19-15-28(16-20-30)36(39)40/h5-22H,1-4H3/b31-21-,32-22-. The van der Waals surface area contributed by atoms with Gasteiger partial charge in [0.15, 0.2) is 0 Å². The molecule has 0 aliphatic rings. The van der Waals surface area contributed by atoms with Crippen molar-refractivity contribution >= 4 is 75.7 Å². The van der Waals surface area contributed by atoms with Crippen LogP contribution in [0.4, 0.5) is 22.7 Å². The first-order chi connectivity index (χ1) is 21.1. The summed E-state index contributed by atoms with van der Waals surface area (Å²) in [6.07, 6.45) is 4.18. The van der Waals surface area contributed by atoms with Crippen molar-refractivity contribution in [2.45, 2.75) is 9.79 Å². The maximum Gasteiger partial charge on any atom is 0.269 e. The summed E-state index contributed by atoms with van der Waals surface area (Å²) < 4.78 is 0. The molecule has 0 atom stereocenters. The van der Waals surface area contributed by atoms with E-state index in [0.29, 0.717) is 0 Å². The van der Waals surface area contributed by atoms with Crippen LogP contribution in [-0.4, -0.2) is 38.0 Å². The largest absolute Gasteiger partial charge is 0.378 e. The highest BCUT2D eigenvalue weighted by molar-refractivity contribution is 8.80. The summed E-state index contributed by atoms with van der Waals surface area (Å²) in [4.78, 5) is 29.3. The number of anilines is 2. The molecule has 0 heterocycles. The third kappa shape index (κ3) is 9.33. The number of allylic oxidation sites excluding steroid dienone is 2. The van der Waals surface area contributed by atoms with Crippen LogP contribution >= 0.6 is 43.2 Å². The van der Waals surface area contributed by atoms with Crippen LogP contribution < -0.4 is 9.80 Å². The number of hydrogen-bond donors (Lipinski definition) is 0. The van der Waals surface area contributed by atoms with Crippen LogP contribution in [-0.2, 0) is 0 Å². The molecule has 0 unspecified atom stereocenters. The molecule has 44 heavy (non-hydrogen) atoms. The SMILES string of the molecule is CN(C)c1ccc(/C(=C/C=C(\SSc2ccc([N+](=O)[O-])cc2)c2ccc(N(C)C)cc2)SSc2ccc([N+](=O)[O-])cc2)cc1. The third-order valence-electron chi connectivity index (χ3n) is 6.27. The zero-order valence-electron chi connectivity index (χ0n) is 24.4. The second-order valence-electron chi connectivity index (χ2n) is 9.78. The molecule has 0 fully saturated rings. The minimum absolute atomic E-state index is 0.0600. The van der Waals surface area contributed by atoms with E-state index >= 15 is 0 Å². The molecule has 4 aromatic carbocycles. The van der Waals surface area contributed by atoms with Gasteiger partial charge in [0.05, 0.1) is 9.85 Å². The lowest BCUT2D eigenvalue weighted by molar-refractivity contribution is -0.385. The van der Waals surface area contributed by atoms with Crippen molar-refractivity contribution < 1.29 is 9.85 Å². The van der Waals surface area contributed by atoms with Crippen molar-refractivity contribution in [3.8, 4) is 0 Å². The van der Waals surface area contributed by atoms with Gasteiger partial charge in [0.1, 0.15) is 0 Å². The average molecular weight is 663 g/mol. The van der Waals surface area contributed by atoms with E-state index in [1.165, 1.54) is 45.9 Å². The topological polar surface area (TPSA) is 92.8 Å². The Bertz CT molecular complexity index is 1520. The minimum atomic E-state index is -0.400. The van der Waals surface area contributed by atoms with Crippen LogP contribution in [0.5, 0.6) is 0 Å². The highest BCUT2D eigenvalue weighted by Gasteiger charge is 2.11. The van der Waals surface area contributed by atoms with Gasteiger partial charge in [0.2, 0.25) is 0 Å². The van der Waals surface area contributed by atoms with Gasteiger partial charge in [-0.15, -0.1) is 0 Å². The maximum atomic E-state index is 11.1. The zero-order valence-corrected chi connectivity index (χ0v) is 27.7. The Hall–Kier alpha value is -3.84. The van der Waals surface area contributed by atoms with Gasteiger partial charge >= 0.3 is 0 Å². The second-order valence-corrected chi connectivity index (χ2v) is 14.3. The van der Waals surface area contributed by atoms with Crippen molar-refractivity contribution in [1.29, 1.82) is 0 Å². The molecule has 8 nitrogen and oxygen atoms in total. The summed E-state index contributed by atoms with van der Waals surface area (Å²) >= 11 is 0. The van der Waals surface area contributed by atoms with Gasteiger partial charge in [0, 0.05) is 83.4 Å². The Labute approximate surface area is 272 Å². The molecular weight excluding hydrogens is 633 g/mol. The number of nitro groups is 2. The summed E-state index contributed by atoms with van der Waals surface area (Å²) in [7, 11) is 14.2. The number of benzene rings is 4. The van der Waals surface area contributed by atoms with Crippen molar-refractivity contribution in [2.75, 3.05) is 38.0 Å². The Morgan fingerprint density at radius 2 is 0.864 bits per heavy atom. The molecule has 0 spiro atoms. The molecule has 0 N–H and O–H groups in total. The molecule has 0 aliphatic heterocycles. The predicted molar refractivity (Wildman–Crippen MR) is 191 cm³/mol. The van der Waals surface area contributed by atoms with Crippen LogP contribution in [0.3, 0.4) is 0 Å². The molecule has 0 radical (unpaired) electrons. The normalized spacial score (nSPS) is 11.7. The van der Waals surface area contributed by atoms with Gasteiger partial charge < -0.3 is 9.80 Å². The Balaban J connectivity index is 1.67. The van der Waals surface area contributed by atoms with Gasteiger partial charge in [-0.25, -0.2) is 0 Å². The number of nitro benzene ring substituents is 2. The second kappa shape index (κ2) is 15.8. The lowest BCUT2D eigenvalue weighted by Crippen LogP contribution is -2.08. The molecule has 0 saturated carbocycles. The summed E-state index contributed by atoms with van der Waals surface area (Å²) in [6.45, 7) is 0. The number of hydrogen-bond acceptors (Lipinski definition) is 10. The lowest BCUT2D eigenvalue weighted by Gasteiger charge is -2.14. The summed E-state index contributed by atoms with van der Waals surface area (Å²) in [5.41, 5.74) is 4.39. The molecule has 0 aliphatic carbocycles. The fourth-order valence-corrected chi connectivity index (χ4v) is 8.05. The fraction of sp³-hybridized carbons (Fsp3) is 0.125. The lowest BCUT2D eigenvalue weighted by atomic mass is 10.1. The van der Waals surface area contributed by atoms with Crippen LogP contribution in [0.15, 0.2) is 119 Å². The Morgan fingerprint density at radius 3 is 1.14 bits per heavy atom. The van der Waals surface area contributed by atoms with E-state index in [-0.39, 0.29) is 11.4 Å². The molecule has 12 heteroatoms. The first-order valence-corrected chi connectivity index (χ1v) is 17.6. The van der Waals surface area contributed by atoms with E-state index in [1.807, 2.05) is 38.0 Å². The van der Waals surface area contributed by atoms with E-state index in [9.17, 15) is 20.2 Å². The van der Waals surface area contributed by atoms with Gasteiger partial charge in [-0.1, -0.05) is 67.4 Å². The van der Waals surface area contributed by atoms with E-state index in [1.54, 1.807) is 45.9 Å². The number of non-ortho nitro benzene ring substituents is 2. The molecule has 4 rings (SSSR count). The van der Waals surface area contributed by atoms with Crippen LogP contribution in [0.1, 0.15) is 11.1 Å². The quantitative estimate of drug-likeness (QED) is 0.0596. The minimum Gasteiger partial charge on any atom is -0.378 e. The van der Waals surface area contributed by atoms with Gasteiger partial charge in [-0.05, 0) is 71.8 Å². The average Bonchev–Trinajstić information content (AvgIpc) is 3.03. The fourth-order valence-electron chi connectivity index (χ4n) is 3.78. The first kappa shape index (κ1) is 33.1. The van der Waals surface area contributed by atoms with Gasteiger partial charge in [-0.2, -0.15) is 0 Å². The highest BCUT2D eigenvalue weighted by atomic mass is 33.1. The van der Waals surface area contributed by atoms with Crippen molar-refractivity contribution in [3.05, 3.63) is 141 Å². The van der Waals surface area contributed by atoms with E-state index in [0.717, 1.165) is 42.1 Å². The monoisotopic (exact) mass is 662 g/mol. The Kier molecular flexibility index (Phi) is 11.8. The Morgan fingerprint density at radius 1 is 0.545 bits per heavy atom. The molecule has 0 amide bonds.